The van der Waals surface area contributed by atoms with Crippen LogP contribution in [-0.2, 0) is 5.75 Å². The lowest BCUT2D eigenvalue weighted by molar-refractivity contribution is 0.667. The van der Waals surface area contributed by atoms with Gasteiger partial charge in [-0.05, 0) is 35.8 Å². The SMILES string of the molecule is CC(=C/c1ccccc1)/C=N/n1c(SCc2ccc(Br)cc2)nnc1C(C)C. The van der Waals surface area contributed by atoms with E-state index in [-0.39, 0.29) is 5.92 Å². The lowest BCUT2D eigenvalue weighted by Crippen LogP contribution is -2.02. The molecule has 0 unspecified atom stereocenters. The molecule has 1 heterocycles. The van der Waals surface area contributed by atoms with Crippen LogP contribution in [0.15, 0.2) is 74.9 Å². The molecule has 144 valence electrons. The Bertz CT molecular complexity index is 960. The van der Waals surface area contributed by atoms with Crippen molar-refractivity contribution in [3.05, 3.63) is 81.6 Å². The summed E-state index contributed by atoms with van der Waals surface area (Å²) in [6.45, 7) is 6.25. The summed E-state index contributed by atoms with van der Waals surface area (Å²) in [4.78, 5) is 0. The van der Waals surface area contributed by atoms with Gasteiger partial charge in [0, 0.05) is 16.1 Å². The smallest absolute Gasteiger partial charge is 0.191 e. The van der Waals surface area contributed by atoms with Crippen LogP contribution in [0.5, 0.6) is 0 Å². The van der Waals surface area contributed by atoms with Crippen molar-refractivity contribution >= 4 is 40.0 Å². The lowest BCUT2D eigenvalue weighted by Gasteiger charge is -2.07. The molecule has 3 aromatic rings. The van der Waals surface area contributed by atoms with Gasteiger partial charge in [-0.2, -0.15) is 9.78 Å². The number of nitrogens with zero attached hydrogens (tertiary/aromatic N) is 4. The van der Waals surface area contributed by atoms with Gasteiger partial charge in [-0.15, -0.1) is 10.2 Å². The van der Waals surface area contributed by atoms with E-state index in [1.807, 2.05) is 36.0 Å². The molecule has 6 heteroatoms. The van der Waals surface area contributed by atoms with E-state index in [4.69, 9.17) is 0 Å². The number of allylic oxidation sites excluding steroid dienone is 1. The van der Waals surface area contributed by atoms with Gasteiger partial charge >= 0.3 is 0 Å². The van der Waals surface area contributed by atoms with E-state index in [1.54, 1.807) is 11.8 Å². The van der Waals surface area contributed by atoms with Gasteiger partial charge in [-0.25, -0.2) is 0 Å². The molecule has 4 nitrogen and oxygen atoms in total. The van der Waals surface area contributed by atoms with Gasteiger partial charge in [0.15, 0.2) is 5.82 Å². The molecule has 28 heavy (non-hydrogen) atoms. The van der Waals surface area contributed by atoms with Crippen molar-refractivity contribution in [1.82, 2.24) is 14.9 Å². The quantitative estimate of drug-likeness (QED) is 0.306. The number of hydrogen-bond donors (Lipinski definition) is 0. The summed E-state index contributed by atoms with van der Waals surface area (Å²) in [5.74, 6) is 1.92. The Morgan fingerprint density at radius 2 is 1.82 bits per heavy atom. The zero-order chi connectivity index (χ0) is 19.9. The van der Waals surface area contributed by atoms with E-state index in [0.29, 0.717) is 0 Å². The molecular formula is C22H23BrN4S. The van der Waals surface area contributed by atoms with Gasteiger partial charge in [-0.1, -0.05) is 90.1 Å². The third-order valence-corrected chi connectivity index (χ3v) is 5.52. The molecule has 0 fully saturated rings. The first-order valence-corrected chi connectivity index (χ1v) is 10.9. The maximum atomic E-state index is 4.68. The van der Waals surface area contributed by atoms with Crippen LogP contribution in [0.2, 0.25) is 0 Å². The molecule has 3 rings (SSSR count). The molecular weight excluding hydrogens is 432 g/mol. The molecule has 0 radical (unpaired) electrons. The molecule has 0 aliphatic carbocycles. The molecule has 0 N–H and O–H groups in total. The second kappa shape index (κ2) is 9.85. The lowest BCUT2D eigenvalue weighted by atomic mass is 10.1. The Balaban J connectivity index is 1.79. The second-order valence-electron chi connectivity index (χ2n) is 6.77. The number of benzene rings is 2. The van der Waals surface area contributed by atoms with Crippen molar-refractivity contribution in [1.29, 1.82) is 0 Å². The molecule has 2 aromatic carbocycles. The molecule has 0 bridgehead atoms. The molecule has 0 aliphatic heterocycles. The zero-order valence-electron chi connectivity index (χ0n) is 16.2. The largest absolute Gasteiger partial charge is 0.212 e. The Hall–Kier alpha value is -2.18. The monoisotopic (exact) mass is 454 g/mol. The zero-order valence-corrected chi connectivity index (χ0v) is 18.6. The van der Waals surface area contributed by atoms with Crippen molar-refractivity contribution < 1.29 is 0 Å². The van der Waals surface area contributed by atoms with Crippen LogP contribution in [0, 0.1) is 0 Å². The van der Waals surface area contributed by atoms with Crippen LogP contribution in [0.25, 0.3) is 6.08 Å². The molecule has 0 saturated carbocycles. The first-order chi connectivity index (χ1) is 13.5. The standard InChI is InChI=1S/C22H23BrN4S/c1-16(2)21-25-26-22(28-15-19-9-11-20(23)12-10-19)27(21)24-14-17(3)13-18-7-5-4-6-8-18/h4-14,16H,15H2,1-3H3/b17-13-,24-14+. The van der Waals surface area contributed by atoms with Crippen molar-refractivity contribution in [2.24, 2.45) is 5.10 Å². The Morgan fingerprint density at radius 3 is 2.50 bits per heavy atom. The molecule has 0 saturated heterocycles. The van der Waals surface area contributed by atoms with Crippen molar-refractivity contribution in [3.8, 4) is 0 Å². The summed E-state index contributed by atoms with van der Waals surface area (Å²) in [6.07, 6.45) is 3.98. The molecule has 1 aromatic heterocycles. The summed E-state index contributed by atoms with van der Waals surface area (Å²) in [5.41, 5.74) is 3.46. The minimum atomic E-state index is 0.241. The summed E-state index contributed by atoms with van der Waals surface area (Å²) in [6, 6.07) is 18.6. The minimum Gasteiger partial charge on any atom is -0.191 e. The van der Waals surface area contributed by atoms with E-state index in [0.717, 1.165) is 32.3 Å². The van der Waals surface area contributed by atoms with Crippen LogP contribution in [0.1, 0.15) is 43.6 Å². The fourth-order valence-electron chi connectivity index (χ4n) is 2.56. The first-order valence-electron chi connectivity index (χ1n) is 9.13. The number of thioether (sulfide) groups is 1. The summed E-state index contributed by atoms with van der Waals surface area (Å²) >= 11 is 5.11. The van der Waals surface area contributed by atoms with Gasteiger partial charge in [-0.3, -0.25) is 0 Å². The van der Waals surface area contributed by atoms with E-state index < -0.39 is 0 Å². The second-order valence-corrected chi connectivity index (χ2v) is 8.62. The number of halogens is 1. The number of aromatic nitrogens is 3. The topological polar surface area (TPSA) is 43.1 Å². The van der Waals surface area contributed by atoms with Crippen molar-refractivity contribution in [2.45, 2.75) is 37.6 Å². The summed E-state index contributed by atoms with van der Waals surface area (Å²) in [7, 11) is 0. The molecule has 0 aliphatic rings. The van der Waals surface area contributed by atoms with Gasteiger partial charge in [0.25, 0.3) is 0 Å². The summed E-state index contributed by atoms with van der Waals surface area (Å²) in [5, 5.41) is 14.2. The maximum Gasteiger partial charge on any atom is 0.212 e. The minimum absolute atomic E-state index is 0.241. The van der Waals surface area contributed by atoms with Crippen LogP contribution in [0.3, 0.4) is 0 Å². The highest BCUT2D eigenvalue weighted by molar-refractivity contribution is 9.10. The summed E-state index contributed by atoms with van der Waals surface area (Å²) < 4.78 is 2.94. The van der Waals surface area contributed by atoms with Gasteiger partial charge in [0.1, 0.15) is 0 Å². The van der Waals surface area contributed by atoms with E-state index in [9.17, 15) is 0 Å². The highest BCUT2D eigenvalue weighted by atomic mass is 79.9. The molecule has 0 spiro atoms. The predicted molar refractivity (Wildman–Crippen MR) is 122 cm³/mol. The third-order valence-electron chi connectivity index (χ3n) is 4.00. The predicted octanol–water partition coefficient (Wildman–Crippen LogP) is 6.39. The van der Waals surface area contributed by atoms with Crippen LogP contribution >= 0.6 is 27.7 Å². The average molecular weight is 455 g/mol. The number of rotatable bonds is 7. The fourth-order valence-corrected chi connectivity index (χ4v) is 3.68. The van der Waals surface area contributed by atoms with Crippen LogP contribution < -0.4 is 0 Å². The maximum absolute atomic E-state index is 4.68. The van der Waals surface area contributed by atoms with Gasteiger partial charge in [0.05, 0.1) is 6.21 Å². The van der Waals surface area contributed by atoms with E-state index in [1.165, 1.54) is 5.56 Å². The van der Waals surface area contributed by atoms with Crippen LogP contribution in [-0.4, -0.2) is 21.1 Å². The van der Waals surface area contributed by atoms with E-state index in [2.05, 4.69) is 87.6 Å². The van der Waals surface area contributed by atoms with Crippen molar-refractivity contribution in [2.75, 3.05) is 0 Å². The number of hydrogen-bond acceptors (Lipinski definition) is 4. The fraction of sp³-hybridized carbons (Fsp3) is 0.227. The van der Waals surface area contributed by atoms with Gasteiger partial charge < -0.3 is 0 Å². The van der Waals surface area contributed by atoms with Crippen LogP contribution in [0.4, 0.5) is 0 Å². The highest BCUT2D eigenvalue weighted by Crippen LogP contribution is 2.25. The molecule has 0 atom stereocenters. The Kier molecular flexibility index (Phi) is 7.23. The van der Waals surface area contributed by atoms with Gasteiger partial charge in [0.2, 0.25) is 5.16 Å². The normalized spacial score (nSPS) is 12.2. The Labute approximate surface area is 178 Å². The van der Waals surface area contributed by atoms with E-state index >= 15 is 0 Å². The Morgan fingerprint density at radius 1 is 1.11 bits per heavy atom. The highest BCUT2D eigenvalue weighted by Gasteiger charge is 2.15. The molecule has 0 amide bonds. The first kappa shape index (κ1) is 20.6. The third kappa shape index (κ3) is 5.66. The average Bonchev–Trinajstić information content (AvgIpc) is 3.10. The van der Waals surface area contributed by atoms with Crippen molar-refractivity contribution in [3.63, 3.8) is 0 Å².